The van der Waals surface area contributed by atoms with Gasteiger partial charge in [-0.15, -0.1) is 0 Å². The first kappa shape index (κ1) is 14.9. The van der Waals surface area contributed by atoms with Crippen LogP contribution in [0, 0.1) is 0 Å². The van der Waals surface area contributed by atoms with E-state index in [9.17, 15) is 0 Å². The van der Waals surface area contributed by atoms with Crippen LogP contribution < -0.4 is 5.73 Å². The number of likely N-dealkylation sites (tertiary alicyclic amines) is 1. The number of nitrogens with one attached hydrogen (secondary N) is 1. The van der Waals surface area contributed by atoms with Gasteiger partial charge in [0.2, 0.25) is 0 Å². The Morgan fingerprint density at radius 1 is 1.43 bits per heavy atom. The number of rotatable bonds is 4. The van der Waals surface area contributed by atoms with Crippen molar-refractivity contribution in [2.45, 2.75) is 38.1 Å². The van der Waals surface area contributed by atoms with E-state index in [-0.39, 0.29) is 0 Å². The first-order valence-electron chi connectivity index (χ1n) is 7.95. The van der Waals surface area contributed by atoms with Gasteiger partial charge in [-0.2, -0.15) is 0 Å². The fraction of sp³-hybridized carbons (Fsp3) is 0.529. The second-order valence-electron chi connectivity index (χ2n) is 5.97. The first-order chi connectivity index (χ1) is 10.2. The molecule has 3 rings (SSSR count). The van der Waals surface area contributed by atoms with Gasteiger partial charge in [0.05, 0.1) is 0 Å². The van der Waals surface area contributed by atoms with E-state index in [1.165, 1.54) is 36.8 Å². The molecule has 1 saturated heterocycles. The maximum atomic E-state index is 6.18. The number of piperidine rings is 1. The van der Waals surface area contributed by atoms with Gasteiger partial charge in [-0.3, -0.25) is 0 Å². The third kappa shape index (κ3) is 2.83. The molecule has 2 unspecified atom stereocenters. The standard InChI is InChI=1S/C17H24ClN3/c1-2-21-8-4-3-5-17(21)14(10-19)15-11-20-16-7-6-12(18)9-13(15)16/h6-7,9,11,14,17,20H,2-5,8,10,19H2,1H3. The van der Waals surface area contributed by atoms with Gasteiger partial charge in [-0.1, -0.05) is 24.9 Å². The molecular formula is C17H24ClN3. The molecule has 3 nitrogen and oxygen atoms in total. The molecule has 1 aliphatic heterocycles. The molecule has 1 aromatic heterocycles. The largest absolute Gasteiger partial charge is 0.361 e. The highest BCUT2D eigenvalue weighted by molar-refractivity contribution is 6.31. The fourth-order valence-corrected chi connectivity index (χ4v) is 3.95. The molecule has 0 radical (unpaired) electrons. The highest BCUT2D eigenvalue weighted by Crippen LogP contribution is 2.34. The number of hydrogen-bond donors (Lipinski definition) is 2. The predicted molar refractivity (Wildman–Crippen MR) is 90.0 cm³/mol. The topological polar surface area (TPSA) is 45.0 Å². The van der Waals surface area contributed by atoms with Crippen molar-refractivity contribution in [2.75, 3.05) is 19.6 Å². The number of hydrogen-bond acceptors (Lipinski definition) is 2. The van der Waals surface area contributed by atoms with Crippen molar-refractivity contribution in [2.24, 2.45) is 5.73 Å². The molecule has 114 valence electrons. The van der Waals surface area contributed by atoms with Crippen molar-refractivity contribution in [1.29, 1.82) is 0 Å². The average Bonchev–Trinajstić information content (AvgIpc) is 2.92. The third-order valence-electron chi connectivity index (χ3n) is 4.86. The Morgan fingerprint density at radius 2 is 2.29 bits per heavy atom. The summed E-state index contributed by atoms with van der Waals surface area (Å²) in [7, 11) is 0. The minimum absolute atomic E-state index is 0.373. The highest BCUT2D eigenvalue weighted by atomic mass is 35.5. The summed E-state index contributed by atoms with van der Waals surface area (Å²) in [6.07, 6.45) is 5.98. The van der Waals surface area contributed by atoms with E-state index in [2.05, 4.69) is 29.1 Å². The maximum absolute atomic E-state index is 6.18. The van der Waals surface area contributed by atoms with Gasteiger partial charge >= 0.3 is 0 Å². The summed E-state index contributed by atoms with van der Waals surface area (Å²) >= 11 is 6.18. The van der Waals surface area contributed by atoms with Gasteiger partial charge in [0.1, 0.15) is 0 Å². The predicted octanol–water partition coefficient (Wildman–Crippen LogP) is 3.74. The summed E-state index contributed by atoms with van der Waals surface area (Å²) in [4.78, 5) is 5.96. The zero-order chi connectivity index (χ0) is 14.8. The number of aromatic nitrogens is 1. The van der Waals surface area contributed by atoms with Crippen LogP contribution in [0.1, 0.15) is 37.7 Å². The van der Waals surface area contributed by atoms with Crippen molar-refractivity contribution in [3.8, 4) is 0 Å². The number of likely N-dealkylation sites (N-methyl/N-ethyl adjacent to an activating group) is 1. The van der Waals surface area contributed by atoms with E-state index in [4.69, 9.17) is 17.3 Å². The van der Waals surface area contributed by atoms with Crippen LogP contribution in [-0.4, -0.2) is 35.6 Å². The van der Waals surface area contributed by atoms with Crippen LogP contribution in [0.25, 0.3) is 10.9 Å². The maximum Gasteiger partial charge on any atom is 0.0457 e. The van der Waals surface area contributed by atoms with Gasteiger partial charge in [0.25, 0.3) is 0 Å². The van der Waals surface area contributed by atoms with Gasteiger partial charge in [0.15, 0.2) is 0 Å². The zero-order valence-electron chi connectivity index (χ0n) is 12.6. The number of H-pyrrole nitrogens is 1. The van der Waals surface area contributed by atoms with Crippen LogP contribution in [0.15, 0.2) is 24.4 Å². The summed E-state index contributed by atoms with van der Waals surface area (Å²) < 4.78 is 0. The quantitative estimate of drug-likeness (QED) is 0.904. The van der Waals surface area contributed by atoms with Crippen molar-refractivity contribution >= 4 is 22.5 Å². The lowest BCUT2D eigenvalue weighted by atomic mass is 9.85. The fourth-order valence-electron chi connectivity index (χ4n) is 3.78. The lowest BCUT2D eigenvalue weighted by Gasteiger charge is -2.39. The molecule has 2 aromatic rings. The molecule has 0 bridgehead atoms. The Bertz CT molecular complexity index is 607. The molecule has 0 spiro atoms. The number of aromatic amines is 1. The molecule has 2 heterocycles. The Balaban J connectivity index is 1.99. The van der Waals surface area contributed by atoms with Gasteiger partial charge in [-0.05, 0) is 49.7 Å². The van der Waals surface area contributed by atoms with Gasteiger partial charge < -0.3 is 15.6 Å². The van der Waals surface area contributed by atoms with Crippen molar-refractivity contribution in [1.82, 2.24) is 9.88 Å². The monoisotopic (exact) mass is 305 g/mol. The Labute approximate surface area is 131 Å². The van der Waals surface area contributed by atoms with E-state index in [1.807, 2.05) is 12.1 Å². The van der Waals surface area contributed by atoms with E-state index < -0.39 is 0 Å². The minimum atomic E-state index is 0.373. The average molecular weight is 306 g/mol. The number of halogens is 1. The van der Waals surface area contributed by atoms with E-state index in [0.29, 0.717) is 18.5 Å². The normalized spacial score (nSPS) is 21.8. The molecule has 2 atom stereocenters. The number of nitrogens with two attached hydrogens (primary N) is 1. The van der Waals surface area contributed by atoms with E-state index in [0.717, 1.165) is 17.1 Å². The SMILES string of the molecule is CCN1CCCCC1C(CN)c1c[nH]c2ccc(Cl)cc12. The van der Waals surface area contributed by atoms with Crippen molar-refractivity contribution < 1.29 is 0 Å². The molecule has 0 aliphatic carbocycles. The number of nitrogens with zero attached hydrogens (tertiary/aromatic N) is 1. The molecule has 4 heteroatoms. The smallest absolute Gasteiger partial charge is 0.0457 e. The minimum Gasteiger partial charge on any atom is -0.361 e. The molecule has 3 N–H and O–H groups in total. The van der Waals surface area contributed by atoms with Crippen LogP contribution in [0.4, 0.5) is 0 Å². The molecule has 1 fully saturated rings. The van der Waals surface area contributed by atoms with Gasteiger partial charge in [0, 0.05) is 40.6 Å². The Morgan fingerprint density at radius 3 is 3.05 bits per heavy atom. The summed E-state index contributed by atoms with van der Waals surface area (Å²) in [6, 6.07) is 6.59. The molecule has 1 aliphatic rings. The van der Waals surface area contributed by atoms with Crippen molar-refractivity contribution in [3.63, 3.8) is 0 Å². The zero-order valence-corrected chi connectivity index (χ0v) is 13.4. The second kappa shape index (κ2) is 6.39. The summed E-state index contributed by atoms with van der Waals surface area (Å²) in [5.74, 6) is 0.373. The summed E-state index contributed by atoms with van der Waals surface area (Å²) in [5.41, 5.74) is 8.63. The number of benzene rings is 1. The van der Waals surface area contributed by atoms with Crippen LogP contribution >= 0.6 is 11.6 Å². The summed E-state index contributed by atoms with van der Waals surface area (Å²) in [6.45, 7) is 5.23. The second-order valence-corrected chi connectivity index (χ2v) is 6.40. The van der Waals surface area contributed by atoms with Crippen molar-refractivity contribution in [3.05, 3.63) is 35.0 Å². The van der Waals surface area contributed by atoms with Crippen LogP contribution in [0.5, 0.6) is 0 Å². The molecule has 0 amide bonds. The van der Waals surface area contributed by atoms with Crippen LogP contribution in [0.3, 0.4) is 0 Å². The van der Waals surface area contributed by atoms with Crippen LogP contribution in [-0.2, 0) is 0 Å². The Kier molecular flexibility index (Phi) is 4.53. The first-order valence-corrected chi connectivity index (χ1v) is 8.33. The molecule has 0 saturated carbocycles. The van der Waals surface area contributed by atoms with E-state index >= 15 is 0 Å². The van der Waals surface area contributed by atoms with Crippen LogP contribution in [0.2, 0.25) is 5.02 Å². The highest BCUT2D eigenvalue weighted by Gasteiger charge is 2.30. The molecular weight excluding hydrogens is 282 g/mol. The number of fused-ring (bicyclic) bond motifs is 1. The summed E-state index contributed by atoms with van der Waals surface area (Å²) in [5, 5.41) is 2.01. The van der Waals surface area contributed by atoms with Gasteiger partial charge in [-0.25, -0.2) is 0 Å². The molecule has 1 aromatic carbocycles. The Hall–Kier alpha value is -1.03. The van der Waals surface area contributed by atoms with E-state index in [1.54, 1.807) is 0 Å². The lowest BCUT2D eigenvalue weighted by molar-refractivity contribution is 0.134. The molecule has 21 heavy (non-hydrogen) atoms. The lowest BCUT2D eigenvalue weighted by Crippen LogP contribution is -2.45. The third-order valence-corrected chi connectivity index (χ3v) is 5.10.